The number of alkyl halides is 1. The Morgan fingerprint density at radius 3 is 2.64 bits per heavy atom. The zero-order valence-electron chi connectivity index (χ0n) is 6.35. The number of epoxide rings is 1. The quantitative estimate of drug-likeness (QED) is 0.500. The van der Waals surface area contributed by atoms with E-state index in [0.29, 0.717) is 6.61 Å². The van der Waals surface area contributed by atoms with Gasteiger partial charge >= 0.3 is 0 Å². The number of halogens is 1. The molecule has 1 unspecified atom stereocenters. The molecular weight excluding hydrogens is 182 g/mol. The van der Waals surface area contributed by atoms with Crippen LogP contribution in [0.3, 0.4) is 0 Å². The highest BCUT2D eigenvalue weighted by atomic mass is 35.5. The molecule has 60 valence electrons. The van der Waals surface area contributed by atoms with Crippen LogP contribution in [0.15, 0.2) is 0 Å². The summed E-state index contributed by atoms with van der Waals surface area (Å²) in [7, 11) is 0. The van der Waals surface area contributed by atoms with Gasteiger partial charge in [0, 0.05) is 4.88 Å². The smallest absolute Gasteiger partial charge is 0.208 e. The fraction of sp³-hybridized carbons (Fsp3) is 0.571. The van der Waals surface area contributed by atoms with Gasteiger partial charge in [-0.15, -0.1) is 11.3 Å². The maximum atomic E-state index is 6.01. The van der Waals surface area contributed by atoms with Gasteiger partial charge in [-0.1, -0.05) is 11.6 Å². The predicted molar refractivity (Wildman–Crippen MR) is 45.1 cm³/mol. The van der Waals surface area contributed by atoms with Gasteiger partial charge in [-0.3, -0.25) is 0 Å². The van der Waals surface area contributed by atoms with Crippen molar-refractivity contribution in [1.82, 2.24) is 4.98 Å². The summed E-state index contributed by atoms with van der Waals surface area (Å²) in [5, 5.41) is 0.475. The minimum absolute atomic E-state index is 0.575. The molecule has 1 saturated heterocycles. The monoisotopic (exact) mass is 189 g/mol. The van der Waals surface area contributed by atoms with Crippen molar-refractivity contribution >= 4 is 22.9 Å². The molecule has 0 N–H and O–H groups in total. The third-order valence-corrected chi connectivity index (χ3v) is 2.94. The van der Waals surface area contributed by atoms with Gasteiger partial charge in [0.25, 0.3) is 0 Å². The number of rotatable bonds is 1. The zero-order valence-corrected chi connectivity index (χ0v) is 7.92. The Bertz CT molecular complexity index is 293. The van der Waals surface area contributed by atoms with Crippen LogP contribution in [0.2, 0.25) is 0 Å². The summed E-state index contributed by atoms with van der Waals surface area (Å²) in [4.78, 5) is 5.47. The maximum Gasteiger partial charge on any atom is 0.208 e. The molecule has 0 saturated carbocycles. The Morgan fingerprint density at radius 1 is 1.64 bits per heavy atom. The molecule has 1 aliphatic heterocycles. The van der Waals surface area contributed by atoms with Crippen LogP contribution >= 0.6 is 22.9 Å². The van der Waals surface area contributed by atoms with E-state index in [1.54, 1.807) is 11.3 Å². The number of aryl methyl sites for hydroxylation is 2. The van der Waals surface area contributed by atoms with Crippen LogP contribution in [-0.4, -0.2) is 11.6 Å². The van der Waals surface area contributed by atoms with Crippen molar-refractivity contribution in [2.24, 2.45) is 0 Å². The molecule has 0 bridgehead atoms. The summed E-state index contributed by atoms with van der Waals surface area (Å²) in [5.74, 6) is 0. The largest absolute Gasteiger partial charge is 0.347 e. The molecule has 2 nitrogen and oxygen atoms in total. The molecule has 2 rings (SSSR count). The van der Waals surface area contributed by atoms with Crippen molar-refractivity contribution in [2.75, 3.05) is 6.61 Å². The number of ether oxygens (including phenoxy) is 1. The van der Waals surface area contributed by atoms with E-state index in [4.69, 9.17) is 16.3 Å². The van der Waals surface area contributed by atoms with Crippen LogP contribution in [0.25, 0.3) is 0 Å². The van der Waals surface area contributed by atoms with Crippen molar-refractivity contribution in [1.29, 1.82) is 0 Å². The van der Waals surface area contributed by atoms with Crippen molar-refractivity contribution in [2.45, 2.75) is 18.9 Å². The van der Waals surface area contributed by atoms with Crippen LogP contribution in [0.1, 0.15) is 15.6 Å². The van der Waals surface area contributed by atoms with E-state index in [-0.39, 0.29) is 0 Å². The lowest BCUT2D eigenvalue weighted by Gasteiger charge is -1.97. The van der Waals surface area contributed by atoms with Crippen LogP contribution in [0, 0.1) is 13.8 Å². The summed E-state index contributed by atoms with van der Waals surface area (Å²) in [6.07, 6.45) is 0. The van der Waals surface area contributed by atoms with Crippen molar-refractivity contribution in [3.8, 4) is 0 Å². The summed E-state index contributed by atoms with van der Waals surface area (Å²) in [6.45, 7) is 4.59. The average Bonchev–Trinajstić information content (AvgIpc) is 2.55. The Labute approximate surface area is 74.2 Å². The van der Waals surface area contributed by atoms with Crippen LogP contribution < -0.4 is 0 Å². The van der Waals surface area contributed by atoms with E-state index < -0.39 is 5.06 Å². The molecule has 1 aliphatic rings. The first-order valence-corrected chi connectivity index (χ1v) is 4.59. The fourth-order valence-electron chi connectivity index (χ4n) is 1.08. The van der Waals surface area contributed by atoms with Crippen molar-refractivity contribution in [3.05, 3.63) is 15.6 Å². The van der Waals surface area contributed by atoms with E-state index >= 15 is 0 Å². The van der Waals surface area contributed by atoms with Crippen LogP contribution in [-0.2, 0) is 9.80 Å². The molecule has 0 aliphatic carbocycles. The first-order chi connectivity index (χ1) is 5.12. The lowest BCUT2D eigenvalue weighted by molar-refractivity contribution is 0.381. The Morgan fingerprint density at radius 2 is 2.27 bits per heavy atom. The van der Waals surface area contributed by atoms with Gasteiger partial charge < -0.3 is 4.74 Å². The minimum atomic E-state index is -0.575. The van der Waals surface area contributed by atoms with E-state index in [1.165, 1.54) is 0 Å². The Balaban J connectivity index is 2.44. The standard InChI is InChI=1S/C7H8ClNOS/c1-4-6(7(8)3-10-7)9-5(2)11-4/h3H2,1-2H3. The third-order valence-electron chi connectivity index (χ3n) is 1.65. The number of aromatic nitrogens is 1. The summed E-state index contributed by atoms with van der Waals surface area (Å²) in [6, 6.07) is 0. The van der Waals surface area contributed by atoms with Gasteiger partial charge in [0.1, 0.15) is 5.69 Å². The van der Waals surface area contributed by atoms with E-state index in [1.807, 2.05) is 13.8 Å². The minimum Gasteiger partial charge on any atom is -0.347 e. The van der Waals surface area contributed by atoms with Gasteiger partial charge in [0.15, 0.2) is 0 Å². The second kappa shape index (κ2) is 2.19. The number of nitrogens with zero attached hydrogens (tertiary/aromatic N) is 1. The number of hydrogen-bond acceptors (Lipinski definition) is 3. The maximum absolute atomic E-state index is 6.01. The Hall–Kier alpha value is -0.120. The van der Waals surface area contributed by atoms with E-state index in [0.717, 1.165) is 15.6 Å². The topological polar surface area (TPSA) is 25.4 Å². The second-order valence-electron chi connectivity index (χ2n) is 2.65. The van der Waals surface area contributed by atoms with Gasteiger partial charge in [0.2, 0.25) is 5.06 Å². The zero-order chi connectivity index (χ0) is 8.06. The average molecular weight is 190 g/mol. The molecule has 0 aromatic carbocycles. The normalized spacial score (nSPS) is 29.0. The molecule has 0 amide bonds. The number of hydrogen-bond donors (Lipinski definition) is 0. The third kappa shape index (κ3) is 1.17. The molecule has 11 heavy (non-hydrogen) atoms. The molecular formula is C7H8ClNOS. The van der Waals surface area contributed by atoms with Gasteiger partial charge in [-0.25, -0.2) is 4.98 Å². The first-order valence-electron chi connectivity index (χ1n) is 3.39. The molecule has 1 aromatic heterocycles. The summed E-state index contributed by atoms with van der Waals surface area (Å²) in [5.41, 5.74) is 0.904. The highest BCUT2D eigenvalue weighted by Gasteiger charge is 2.47. The van der Waals surface area contributed by atoms with E-state index in [2.05, 4.69) is 4.98 Å². The van der Waals surface area contributed by atoms with Crippen molar-refractivity contribution < 1.29 is 4.74 Å². The molecule has 0 radical (unpaired) electrons. The summed E-state index contributed by atoms with van der Waals surface area (Å²) >= 11 is 7.67. The molecule has 2 heterocycles. The second-order valence-corrected chi connectivity index (χ2v) is 4.67. The molecule has 4 heteroatoms. The van der Waals surface area contributed by atoms with Crippen molar-refractivity contribution in [3.63, 3.8) is 0 Å². The highest BCUT2D eigenvalue weighted by Crippen LogP contribution is 2.44. The highest BCUT2D eigenvalue weighted by molar-refractivity contribution is 7.11. The molecule has 0 spiro atoms. The molecule has 1 fully saturated rings. The van der Waals surface area contributed by atoms with Crippen LogP contribution in [0.5, 0.6) is 0 Å². The fourth-order valence-corrected chi connectivity index (χ4v) is 2.26. The van der Waals surface area contributed by atoms with E-state index in [9.17, 15) is 0 Å². The summed E-state index contributed by atoms with van der Waals surface area (Å²) < 4.78 is 5.09. The van der Waals surface area contributed by atoms with Crippen LogP contribution in [0.4, 0.5) is 0 Å². The number of thiazole rings is 1. The molecule has 1 atom stereocenters. The van der Waals surface area contributed by atoms with Gasteiger partial charge in [-0.05, 0) is 13.8 Å². The first kappa shape index (κ1) is 7.53. The SMILES string of the molecule is Cc1nc(C2(Cl)CO2)c(C)s1. The Kier molecular flexibility index (Phi) is 1.50. The van der Waals surface area contributed by atoms with Gasteiger partial charge in [-0.2, -0.15) is 0 Å². The lowest BCUT2D eigenvalue weighted by atomic mass is 10.3. The molecule has 1 aromatic rings. The lowest BCUT2D eigenvalue weighted by Crippen LogP contribution is -2.00. The predicted octanol–water partition coefficient (Wildman–Crippen LogP) is 2.18. The van der Waals surface area contributed by atoms with Gasteiger partial charge in [0.05, 0.1) is 11.6 Å².